The summed E-state index contributed by atoms with van der Waals surface area (Å²) in [5.41, 5.74) is 1.48. The van der Waals surface area contributed by atoms with Crippen molar-refractivity contribution in [3.63, 3.8) is 0 Å². The van der Waals surface area contributed by atoms with E-state index in [0.29, 0.717) is 11.8 Å². The Kier molecular flexibility index (Phi) is 10.5. The van der Waals surface area contributed by atoms with Crippen LogP contribution in [0.5, 0.6) is 0 Å². The van der Waals surface area contributed by atoms with Crippen LogP contribution in [0, 0.1) is 23.7 Å². The van der Waals surface area contributed by atoms with Crippen molar-refractivity contribution >= 4 is 19.7 Å². The maximum Gasteiger partial charge on any atom is 0.00736 e. The third kappa shape index (κ3) is 7.46. The van der Waals surface area contributed by atoms with E-state index in [0.717, 1.165) is 23.7 Å². The molecule has 1 fully saturated rings. The smallest absolute Gasteiger partial charge is 0.00736 e. The van der Waals surface area contributed by atoms with Crippen LogP contribution >= 0.6 is 11.3 Å². The molecule has 0 nitrogen and oxygen atoms in total. The van der Waals surface area contributed by atoms with E-state index in [1.807, 2.05) is 11.3 Å². The molecule has 0 N–H and O–H groups in total. The number of hydrogen-bond acceptors (Lipinski definition) is 1. The molecule has 1 aromatic heterocycles. The molecular weight excluding hydrogens is 295 g/mol. The fourth-order valence-corrected chi connectivity index (χ4v) is 4.33. The van der Waals surface area contributed by atoms with Crippen molar-refractivity contribution in [2.75, 3.05) is 0 Å². The highest BCUT2D eigenvalue weighted by Gasteiger charge is 2.28. The Labute approximate surface area is 152 Å². The normalized spacial score (nSPS) is 20.9. The lowest BCUT2D eigenvalue weighted by Gasteiger charge is -2.16. The Morgan fingerprint density at radius 3 is 1.52 bits per heavy atom. The average molecular weight is 333 g/mol. The summed E-state index contributed by atoms with van der Waals surface area (Å²) in [7, 11) is 0. The van der Waals surface area contributed by atoms with E-state index < -0.39 is 0 Å². The second-order valence-electron chi connectivity index (χ2n) is 8.41. The van der Waals surface area contributed by atoms with Crippen LogP contribution in [0.15, 0.2) is 11.4 Å². The second-order valence-corrected chi connectivity index (χ2v) is 9.36. The summed E-state index contributed by atoms with van der Waals surface area (Å²) in [5, 5.41) is 2.28. The minimum absolute atomic E-state index is 0. The average Bonchev–Trinajstić information content (AvgIpc) is 3.09. The lowest BCUT2D eigenvalue weighted by molar-refractivity contribution is 0.340. The molecule has 1 aliphatic rings. The van der Waals surface area contributed by atoms with E-state index in [1.54, 1.807) is 0 Å². The lowest BCUT2D eigenvalue weighted by Crippen LogP contribution is -2.07. The first-order valence-electron chi connectivity index (χ1n) is 9.30. The molecule has 2 atom stereocenters. The molecule has 1 aromatic rings. The molecule has 0 spiro atoms. The topological polar surface area (TPSA) is 0 Å². The standard InChI is InChI=1S/C11H22.C10H16S.B/c1-8(2)10-5-6-11(7-10)9(3)4;1-7(2)9-5-10(8(3)4)11-6-9;/h8-11H,5-7H2,1-4H3;5-8H,1-4H3;. The van der Waals surface area contributed by atoms with Gasteiger partial charge < -0.3 is 0 Å². The summed E-state index contributed by atoms with van der Waals surface area (Å²) in [6, 6.07) is 2.33. The molecule has 0 bridgehead atoms. The van der Waals surface area contributed by atoms with Crippen LogP contribution in [0.25, 0.3) is 0 Å². The van der Waals surface area contributed by atoms with Gasteiger partial charge in [-0.3, -0.25) is 0 Å². The molecule has 1 heterocycles. The monoisotopic (exact) mass is 333 g/mol. The largest absolute Gasteiger partial charge is 0.148 e. The third-order valence-corrected chi connectivity index (χ3v) is 6.53. The fourth-order valence-electron chi connectivity index (χ4n) is 3.24. The Bertz CT molecular complexity index is 381. The predicted molar refractivity (Wildman–Crippen MR) is 109 cm³/mol. The zero-order valence-electron chi connectivity index (χ0n) is 16.7. The van der Waals surface area contributed by atoms with Gasteiger partial charge in [0.25, 0.3) is 0 Å². The summed E-state index contributed by atoms with van der Waals surface area (Å²) in [6.07, 6.45) is 4.47. The summed E-state index contributed by atoms with van der Waals surface area (Å²) < 4.78 is 0. The molecule has 1 saturated carbocycles. The number of thiophene rings is 1. The van der Waals surface area contributed by atoms with Gasteiger partial charge in [-0.15, -0.1) is 11.3 Å². The van der Waals surface area contributed by atoms with Gasteiger partial charge in [0, 0.05) is 13.3 Å². The van der Waals surface area contributed by atoms with Crippen LogP contribution in [0.3, 0.4) is 0 Å². The highest BCUT2D eigenvalue weighted by atomic mass is 32.1. The molecule has 0 saturated heterocycles. The van der Waals surface area contributed by atoms with Crippen LogP contribution in [0.1, 0.15) is 96.9 Å². The van der Waals surface area contributed by atoms with Crippen LogP contribution in [-0.4, -0.2) is 8.41 Å². The molecule has 131 valence electrons. The molecule has 0 aliphatic heterocycles. The Balaban J connectivity index is 0.000000403. The van der Waals surface area contributed by atoms with E-state index in [2.05, 4.69) is 66.8 Å². The van der Waals surface area contributed by atoms with Crippen molar-refractivity contribution < 1.29 is 0 Å². The van der Waals surface area contributed by atoms with Crippen LogP contribution < -0.4 is 0 Å². The van der Waals surface area contributed by atoms with E-state index >= 15 is 0 Å². The van der Waals surface area contributed by atoms with Gasteiger partial charge in [0.15, 0.2) is 0 Å². The molecule has 23 heavy (non-hydrogen) atoms. The van der Waals surface area contributed by atoms with Gasteiger partial charge in [0.2, 0.25) is 0 Å². The summed E-state index contributed by atoms with van der Waals surface area (Å²) in [5.74, 6) is 5.26. The maximum absolute atomic E-state index is 2.37. The third-order valence-electron chi connectivity index (χ3n) is 5.28. The van der Waals surface area contributed by atoms with Crippen molar-refractivity contribution in [1.29, 1.82) is 0 Å². The minimum Gasteiger partial charge on any atom is -0.148 e. The van der Waals surface area contributed by atoms with E-state index in [4.69, 9.17) is 0 Å². The highest BCUT2D eigenvalue weighted by Crippen LogP contribution is 2.39. The predicted octanol–water partition coefficient (Wildman–Crippen LogP) is 7.33. The molecular formula is C21H38BS. The molecule has 2 heteroatoms. The summed E-state index contributed by atoms with van der Waals surface area (Å²) >= 11 is 1.89. The molecule has 2 unspecified atom stereocenters. The first-order valence-corrected chi connectivity index (χ1v) is 10.2. The number of rotatable bonds is 4. The van der Waals surface area contributed by atoms with Gasteiger partial charge in [-0.05, 0) is 71.8 Å². The fraction of sp³-hybridized carbons (Fsp3) is 0.810. The Morgan fingerprint density at radius 1 is 0.826 bits per heavy atom. The zero-order chi connectivity index (χ0) is 16.9. The van der Waals surface area contributed by atoms with E-state index in [-0.39, 0.29) is 8.41 Å². The summed E-state index contributed by atoms with van der Waals surface area (Å²) in [4.78, 5) is 1.51. The summed E-state index contributed by atoms with van der Waals surface area (Å²) in [6.45, 7) is 18.5. The maximum atomic E-state index is 2.37. The van der Waals surface area contributed by atoms with E-state index in [9.17, 15) is 0 Å². The van der Waals surface area contributed by atoms with Crippen LogP contribution in [0.2, 0.25) is 0 Å². The van der Waals surface area contributed by atoms with Crippen molar-refractivity contribution in [3.8, 4) is 0 Å². The van der Waals surface area contributed by atoms with Crippen molar-refractivity contribution in [3.05, 3.63) is 21.9 Å². The molecule has 3 radical (unpaired) electrons. The number of hydrogen-bond donors (Lipinski definition) is 0. The van der Waals surface area contributed by atoms with Crippen LogP contribution in [0.4, 0.5) is 0 Å². The molecule has 2 rings (SSSR count). The van der Waals surface area contributed by atoms with E-state index in [1.165, 1.54) is 29.7 Å². The lowest BCUT2D eigenvalue weighted by atomic mass is 9.89. The Morgan fingerprint density at radius 2 is 1.30 bits per heavy atom. The van der Waals surface area contributed by atoms with Crippen molar-refractivity contribution in [2.45, 2.75) is 86.5 Å². The second kappa shape index (κ2) is 10.6. The van der Waals surface area contributed by atoms with Crippen molar-refractivity contribution in [1.82, 2.24) is 0 Å². The minimum atomic E-state index is 0. The van der Waals surface area contributed by atoms with Gasteiger partial charge >= 0.3 is 0 Å². The van der Waals surface area contributed by atoms with Gasteiger partial charge in [-0.25, -0.2) is 0 Å². The van der Waals surface area contributed by atoms with Gasteiger partial charge in [-0.2, -0.15) is 0 Å². The molecule has 1 aliphatic carbocycles. The Hall–Kier alpha value is -0.235. The molecule has 0 amide bonds. The van der Waals surface area contributed by atoms with Gasteiger partial charge in [0.1, 0.15) is 0 Å². The SMILES string of the molecule is CC(C)C1CCC(C(C)C)C1.CC(C)c1csc(C(C)C)c1.[B]. The quantitative estimate of drug-likeness (QED) is 0.506. The highest BCUT2D eigenvalue weighted by molar-refractivity contribution is 7.10. The molecule has 0 aromatic carbocycles. The van der Waals surface area contributed by atoms with Crippen molar-refractivity contribution in [2.24, 2.45) is 23.7 Å². The zero-order valence-corrected chi connectivity index (χ0v) is 17.5. The van der Waals surface area contributed by atoms with Gasteiger partial charge in [0.05, 0.1) is 0 Å². The van der Waals surface area contributed by atoms with Crippen LogP contribution in [-0.2, 0) is 0 Å². The first kappa shape index (κ1) is 22.8. The first-order chi connectivity index (χ1) is 10.2. The van der Waals surface area contributed by atoms with Gasteiger partial charge in [-0.1, -0.05) is 55.4 Å².